The fourth-order valence-electron chi connectivity index (χ4n) is 2.64. The number of benzene rings is 3. The summed E-state index contributed by atoms with van der Waals surface area (Å²) in [6, 6.07) is 25.4. The maximum atomic E-state index is 11.1. The Morgan fingerprint density at radius 2 is 1.05 bits per heavy atom. The third-order valence-electron chi connectivity index (χ3n) is 4.14. The molecule has 0 radical (unpaired) electrons. The molecular weight excluding hydrogens is 729 g/mol. The van der Waals surface area contributed by atoms with Crippen LogP contribution in [-0.4, -0.2) is 26.8 Å². The number of carbonyl (C=O) groups is 2. The molecule has 0 bridgehead atoms. The van der Waals surface area contributed by atoms with Crippen LogP contribution in [0.15, 0.2) is 111 Å². The molecule has 4 amide bonds. The van der Waals surface area contributed by atoms with Crippen LogP contribution in [0.25, 0.3) is 5.69 Å². The van der Waals surface area contributed by atoms with Gasteiger partial charge in [-0.15, -0.1) is 0 Å². The lowest BCUT2D eigenvalue weighted by atomic mass is 10.3. The topological polar surface area (TPSA) is 167 Å². The third kappa shape index (κ3) is 9.47. The molecule has 190 valence electrons. The number of anilines is 1. The van der Waals surface area contributed by atoms with Crippen LogP contribution in [0.1, 0.15) is 0 Å². The number of aromatic amines is 2. The molecule has 0 unspecified atom stereocenters. The maximum absolute atomic E-state index is 11.1. The van der Waals surface area contributed by atoms with E-state index < -0.39 is 44.6 Å². The van der Waals surface area contributed by atoms with Gasteiger partial charge in [0.15, 0.2) is 21.2 Å². The van der Waals surface area contributed by atoms with Gasteiger partial charge in [-0.1, -0.05) is 64.8 Å². The Labute approximate surface area is 234 Å². The van der Waals surface area contributed by atoms with E-state index in [2.05, 4.69) is 20.4 Å². The van der Waals surface area contributed by atoms with Crippen molar-refractivity contribution in [2.75, 3.05) is 4.90 Å². The van der Waals surface area contributed by atoms with Gasteiger partial charge in [-0.2, -0.15) is 0 Å². The van der Waals surface area contributed by atoms with E-state index in [1.807, 2.05) is 36.4 Å². The quantitative estimate of drug-likeness (QED) is 0.197. The van der Waals surface area contributed by atoms with Gasteiger partial charge >= 0.3 is 23.4 Å². The first-order valence-corrected chi connectivity index (χ1v) is 15.5. The minimum atomic E-state index is -0.941. The average molecular weight is 746 g/mol. The van der Waals surface area contributed by atoms with Gasteiger partial charge in [0.05, 0.1) is 11.4 Å². The van der Waals surface area contributed by atoms with Crippen molar-refractivity contribution in [2.45, 2.75) is 0 Å². The molecular formula is C22H17I2N6O6P. The largest absolute Gasteiger partial charge is 0.375 e. The molecule has 1 aromatic heterocycles. The summed E-state index contributed by atoms with van der Waals surface area (Å²) in [4.78, 5) is 45.2. The predicted molar refractivity (Wildman–Crippen MR) is 153 cm³/mol. The number of nitrogens with zero attached hydrogens (tertiary/aromatic N) is 4. The van der Waals surface area contributed by atoms with Crippen LogP contribution in [0.4, 0.5) is 15.3 Å². The van der Waals surface area contributed by atoms with Crippen molar-refractivity contribution in [2.24, 2.45) is 10.2 Å². The van der Waals surface area contributed by atoms with E-state index >= 15 is 0 Å². The molecule has 2 N–H and O–H groups in total. The van der Waals surface area contributed by atoms with Crippen molar-refractivity contribution in [1.82, 2.24) is 14.8 Å². The first-order chi connectivity index (χ1) is 17.9. The second kappa shape index (κ2) is 16.3. The minimum absolute atomic E-state index is 0.137. The fourth-order valence-corrected chi connectivity index (χ4v) is 3.35. The Kier molecular flexibility index (Phi) is 13.1. The number of nitrogens with one attached hydrogen (secondary N) is 2. The third-order valence-corrected chi connectivity index (χ3v) is 5.36. The predicted octanol–water partition coefficient (Wildman–Crippen LogP) is 5.85. The lowest BCUT2D eigenvalue weighted by Gasteiger charge is -2.08. The molecule has 0 saturated carbocycles. The van der Waals surface area contributed by atoms with Crippen LogP contribution < -0.4 is 16.3 Å². The average Bonchev–Trinajstić information content (AvgIpc) is 3.46. The van der Waals surface area contributed by atoms with Crippen molar-refractivity contribution >= 4 is 67.1 Å². The highest BCUT2D eigenvalue weighted by atomic mass is 127. The number of carbonyl (C=O) groups excluding carboxylic acids is 2. The van der Waals surface area contributed by atoms with Crippen molar-refractivity contribution < 1.29 is 17.2 Å². The highest BCUT2D eigenvalue weighted by Crippen LogP contribution is 2.19. The smallest absolute Gasteiger partial charge is 0.265 e. The van der Waals surface area contributed by atoms with Crippen molar-refractivity contribution in [3.8, 4) is 5.69 Å². The molecule has 12 nitrogen and oxygen atoms in total. The molecule has 15 heteroatoms. The van der Waals surface area contributed by atoms with E-state index in [0.717, 1.165) is 13.0 Å². The van der Waals surface area contributed by atoms with Crippen LogP contribution in [0.2, 0.25) is 0 Å². The molecule has 0 spiro atoms. The van der Waals surface area contributed by atoms with E-state index in [1.54, 1.807) is 76.6 Å². The summed E-state index contributed by atoms with van der Waals surface area (Å²) in [5.41, 5.74) is 0.116. The molecule has 1 aliphatic heterocycles. The summed E-state index contributed by atoms with van der Waals surface area (Å²) in [7, 11) is 0. The fraction of sp³-hybridized carbons (Fsp3) is 0. The number of urea groups is 2. The van der Waals surface area contributed by atoms with Crippen molar-refractivity contribution in [1.29, 1.82) is 0 Å². The number of azo groups is 1. The van der Waals surface area contributed by atoms with Gasteiger partial charge in [-0.3, -0.25) is 7.63 Å². The SMILES string of the molecule is O=C1N=NC(=O)N1c1ccccc1.O=Ic1ccccc1.O=PI.O=c1[nH][nH]c(=O)n1-c1ccccc1. The highest BCUT2D eigenvalue weighted by molar-refractivity contribution is 14.2. The zero-order valence-corrected chi connectivity index (χ0v) is 23.8. The van der Waals surface area contributed by atoms with E-state index in [4.69, 9.17) is 4.57 Å². The first kappa shape index (κ1) is 29.7. The van der Waals surface area contributed by atoms with Gasteiger partial charge in [0.25, 0.3) is 0 Å². The van der Waals surface area contributed by atoms with E-state index in [-0.39, 0.29) is 6.10 Å². The van der Waals surface area contributed by atoms with Gasteiger partial charge in [-0.25, -0.2) is 38.8 Å². The van der Waals surface area contributed by atoms with Crippen molar-refractivity contribution in [3.63, 3.8) is 0 Å². The number of halogens is 2. The second-order valence-corrected chi connectivity index (χ2v) is 9.41. The van der Waals surface area contributed by atoms with Gasteiger partial charge in [0.2, 0.25) is 6.10 Å². The minimum Gasteiger partial charge on any atom is -0.265 e. The number of hydrogen-bond donors (Lipinski definition) is 2. The molecule has 3 aromatic carbocycles. The molecule has 0 fully saturated rings. The number of para-hydroxylation sites is 2. The van der Waals surface area contributed by atoms with E-state index in [0.29, 0.717) is 11.4 Å². The molecule has 4 aromatic rings. The van der Waals surface area contributed by atoms with Gasteiger partial charge < -0.3 is 0 Å². The molecule has 0 atom stereocenters. The first-order valence-electron chi connectivity index (χ1n) is 9.98. The molecule has 0 aliphatic carbocycles. The van der Waals surface area contributed by atoms with Crippen LogP contribution in [0, 0.1) is 3.57 Å². The summed E-state index contributed by atoms with van der Waals surface area (Å²) in [6.07, 6.45) is 0.137. The maximum Gasteiger partial charge on any atom is 0.375 e. The van der Waals surface area contributed by atoms with Crippen LogP contribution in [-0.2, 0) is 7.63 Å². The Morgan fingerprint density at radius 1 is 0.676 bits per heavy atom. The molecule has 0 saturated heterocycles. The zero-order valence-electron chi connectivity index (χ0n) is 18.6. The Hall–Kier alpha value is -3.50. The summed E-state index contributed by atoms with van der Waals surface area (Å²) in [5, 5.41) is 10.7. The number of amides is 4. The van der Waals surface area contributed by atoms with Gasteiger partial charge in [-0.05, 0) is 36.4 Å². The summed E-state index contributed by atoms with van der Waals surface area (Å²) in [6.45, 7) is 0. The Morgan fingerprint density at radius 3 is 1.43 bits per heavy atom. The number of rotatable bonds is 3. The summed E-state index contributed by atoms with van der Waals surface area (Å²) in [5.74, 6) is 0. The monoisotopic (exact) mass is 746 g/mol. The van der Waals surface area contributed by atoms with Crippen LogP contribution in [0.5, 0.6) is 0 Å². The van der Waals surface area contributed by atoms with E-state index in [1.165, 1.54) is 0 Å². The van der Waals surface area contributed by atoms with Crippen LogP contribution >= 0.6 is 49.3 Å². The van der Waals surface area contributed by atoms with Crippen LogP contribution in [0.3, 0.4) is 0 Å². The normalized spacial score (nSPS) is 11.5. The summed E-state index contributed by atoms with van der Waals surface area (Å²) >= 11 is 0.764. The lowest BCUT2D eigenvalue weighted by molar-refractivity contribution is 0.249. The molecule has 37 heavy (non-hydrogen) atoms. The number of hydrogen-bond acceptors (Lipinski definition) is 6. The van der Waals surface area contributed by atoms with Crippen molar-refractivity contribution in [3.05, 3.63) is 116 Å². The summed E-state index contributed by atoms with van der Waals surface area (Å²) < 4.78 is 21.1. The number of H-pyrrole nitrogens is 2. The second-order valence-electron chi connectivity index (χ2n) is 6.41. The molecule has 5 rings (SSSR count). The van der Waals surface area contributed by atoms with Gasteiger partial charge in [0.1, 0.15) is 0 Å². The Balaban J connectivity index is 0.000000190. The van der Waals surface area contributed by atoms with E-state index in [9.17, 15) is 22.2 Å². The number of imide groups is 1. The zero-order chi connectivity index (χ0) is 27.0. The standard InChI is InChI=1S/C8H7N3O2.C8H5N3O2.C6H5IO.IOP/c2*12-7-9-10-8(13)11(7)6-4-2-1-3-5-6;8-7-6-4-2-1-3-5-6;1-3-2/h1-5H,(H,9,12)(H,10,13);1-5H;1-5H;. The Bertz CT molecular complexity index is 1410. The highest BCUT2D eigenvalue weighted by Gasteiger charge is 2.28. The lowest BCUT2D eigenvalue weighted by Crippen LogP contribution is -2.27. The number of aromatic nitrogens is 3. The van der Waals surface area contributed by atoms with Gasteiger partial charge in [0, 0.05) is 25.6 Å². The molecule has 2 heterocycles. The molecule has 1 aliphatic rings.